The molecular weight excluding hydrogens is 233 g/mol. The third-order valence-corrected chi connectivity index (χ3v) is 2.37. The van der Waals surface area contributed by atoms with E-state index in [1.807, 2.05) is 0 Å². The molecule has 1 heterocycles. The SMILES string of the molecule is CC(O)c1ccc(N(C)CCC(F)(F)F)cn1. The van der Waals surface area contributed by atoms with Gasteiger partial charge in [0.25, 0.3) is 0 Å². The number of aliphatic hydroxyl groups is 1. The third-order valence-electron chi connectivity index (χ3n) is 2.37. The maximum atomic E-state index is 12.0. The molecule has 0 aliphatic heterocycles. The van der Waals surface area contributed by atoms with Crippen LogP contribution in [0.5, 0.6) is 0 Å². The minimum absolute atomic E-state index is 0.112. The molecule has 0 spiro atoms. The van der Waals surface area contributed by atoms with E-state index < -0.39 is 18.7 Å². The Hall–Kier alpha value is -1.30. The molecule has 0 amide bonds. The minimum atomic E-state index is -4.15. The molecule has 0 saturated carbocycles. The van der Waals surface area contributed by atoms with Gasteiger partial charge in [0.2, 0.25) is 0 Å². The minimum Gasteiger partial charge on any atom is -0.387 e. The highest BCUT2D eigenvalue weighted by molar-refractivity contribution is 5.43. The first-order valence-electron chi connectivity index (χ1n) is 5.21. The topological polar surface area (TPSA) is 36.4 Å². The highest BCUT2D eigenvalue weighted by Gasteiger charge is 2.27. The first-order valence-corrected chi connectivity index (χ1v) is 5.21. The molecule has 0 bridgehead atoms. The molecule has 1 rings (SSSR count). The van der Waals surface area contributed by atoms with E-state index in [-0.39, 0.29) is 6.54 Å². The summed E-state index contributed by atoms with van der Waals surface area (Å²) in [5.74, 6) is 0. The Labute approximate surface area is 97.9 Å². The van der Waals surface area contributed by atoms with Gasteiger partial charge in [0, 0.05) is 13.6 Å². The second kappa shape index (κ2) is 5.35. The van der Waals surface area contributed by atoms with Crippen LogP contribution in [0.4, 0.5) is 18.9 Å². The molecule has 17 heavy (non-hydrogen) atoms. The van der Waals surface area contributed by atoms with Crippen molar-refractivity contribution >= 4 is 5.69 Å². The van der Waals surface area contributed by atoms with Gasteiger partial charge in [-0.25, -0.2) is 0 Å². The maximum Gasteiger partial charge on any atom is 0.390 e. The van der Waals surface area contributed by atoms with E-state index in [2.05, 4.69) is 4.98 Å². The number of hydrogen-bond donors (Lipinski definition) is 1. The van der Waals surface area contributed by atoms with Crippen LogP contribution < -0.4 is 4.90 Å². The van der Waals surface area contributed by atoms with Crippen molar-refractivity contribution in [3.05, 3.63) is 24.0 Å². The van der Waals surface area contributed by atoms with Gasteiger partial charge in [0.1, 0.15) is 0 Å². The molecule has 0 aliphatic rings. The number of alkyl halides is 3. The second-order valence-corrected chi connectivity index (χ2v) is 3.90. The maximum absolute atomic E-state index is 12.0. The molecule has 1 N–H and O–H groups in total. The van der Waals surface area contributed by atoms with Crippen molar-refractivity contribution in [1.82, 2.24) is 4.98 Å². The van der Waals surface area contributed by atoms with Crippen LogP contribution in [0.2, 0.25) is 0 Å². The van der Waals surface area contributed by atoms with Crippen LogP contribution in [0.25, 0.3) is 0 Å². The van der Waals surface area contributed by atoms with Crippen molar-refractivity contribution < 1.29 is 18.3 Å². The average molecular weight is 248 g/mol. The van der Waals surface area contributed by atoms with Crippen molar-refractivity contribution in [2.75, 3.05) is 18.5 Å². The number of rotatable bonds is 4. The Morgan fingerprint density at radius 3 is 2.47 bits per heavy atom. The van der Waals surface area contributed by atoms with Crippen LogP contribution in [0, 0.1) is 0 Å². The molecule has 1 aromatic rings. The summed E-state index contributed by atoms with van der Waals surface area (Å²) in [6.45, 7) is 1.47. The summed E-state index contributed by atoms with van der Waals surface area (Å²) in [5.41, 5.74) is 1.09. The Balaban J connectivity index is 2.60. The van der Waals surface area contributed by atoms with Crippen LogP contribution in [-0.4, -0.2) is 29.9 Å². The lowest BCUT2D eigenvalue weighted by atomic mass is 10.2. The van der Waals surface area contributed by atoms with Crippen LogP contribution in [-0.2, 0) is 0 Å². The lowest BCUT2D eigenvalue weighted by Gasteiger charge is -2.20. The average Bonchev–Trinajstić information content (AvgIpc) is 2.25. The van der Waals surface area contributed by atoms with Gasteiger partial charge in [0.05, 0.1) is 30.1 Å². The fraction of sp³-hybridized carbons (Fsp3) is 0.545. The lowest BCUT2D eigenvalue weighted by Crippen LogP contribution is -2.24. The first kappa shape index (κ1) is 13.8. The van der Waals surface area contributed by atoms with Crippen molar-refractivity contribution in [2.24, 2.45) is 0 Å². The van der Waals surface area contributed by atoms with E-state index in [1.54, 1.807) is 26.1 Å². The van der Waals surface area contributed by atoms with E-state index in [9.17, 15) is 18.3 Å². The number of hydrogen-bond acceptors (Lipinski definition) is 3. The van der Waals surface area contributed by atoms with Crippen molar-refractivity contribution in [3.63, 3.8) is 0 Å². The summed E-state index contributed by atoms with van der Waals surface area (Å²) in [4.78, 5) is 5.45. The third kappa shape index (κ3) is 4.60. The summed E-state index contributed by atoms with van der Waals surface area (Å²) in [6, 6.07) is 3.25. The largest absolute Gasteiger partial charge is 0.390 e. The second-order valence-electron chi connectivity index (χ2n) is 3.90. The van der Waals surface area contributed by atoms with Crippen LogP contribution in [0.15, 0.2) is 18.3 Å². The Morgan fingerprint density at radius 2 is 2.06 bits per heavy atom. The first-order chi connectivity index (χ1) is 7.79. The molecule has 96 valence electrons. The van der Waals surface area contributed by atoms with Crippen molar-refractivity contribution in [1.29, 1.82) is 0 Å². The van der Waals surface area contributed by atoms with Gasteiger partial charge in [-0.05, 0) is 19.1 Å². The van der Waals surface area contributed by atoms with Gasteiger partial charge >= 0.3 is 6.18 Å². The van der Waals surface area contributed by atoms with E-state index >= 15 is 0 Å². The zero-order valence-corrected chi connectivity index (χ0v) is 9.70. The molecular formula is C11H15F3N2O. The molecule has 6 heteroatoms. The molecule has 1 atom stereocenters. The van der Waals surface area contributed by atoms with Gasteiger partial charge in [0.15, 0.2) is 0 Å². The Kier molecular flexibility index (Phi) is 4.34. The van der Waals surface area contributed by atoms with E-state index in [4.69, 9.17) is 0 Å². The van der Waals surface area contributed by atoms with Gasteiger partial charge in [-0.2, -0.15) is 13.2 Å². The van der Waals surface area contributed by atoms with Crippen LogP contribution in [0.1, 0.15) is 25.1 Å². The standard InChI is InChI=1S/C11H15F3N2O/c1-8(17)10-4-3-9(7-15-10)16(2)6-5-11(12,13)14/h3-4,7-8,17H,5-6H2,1-2H3. The summed E-state index contributed by atoms with van der Waals surface area (Å²) < 4.78 is 36.1. The van der Waals surface area contributed by atoms with Gasteiger partial charge in [-0.3, -0.25) is 4.98 Å². The molecule has 0 aliphatic carbocycles. The predicted molar refractivity (Wildman–Crippen MR) is 58.8 cm³/mol. The molecule has 0 fully saturated rings. The highest BCUT2D eigenvalue weighted by Crippen LogP contribution is 2.21. The summed E-state index contributed by atoms with van der Waals surface area (Å²) >= 11 is 0. The smallest absolute Gasteiger partial charge is 0.387 e. The van der Waals surface area contributed by atoms with E-state index in [0.717, 1.165) is 0 Å². The van der Waals surface area contributed by atoms with Crippen molar-refractivity contribution in [2.45, 2.75) is 25.6 Å². The van der Waals surface area contributed by atoms with E-state index in [1.165, 1.54) is 11.1 Å². The highest BCUT2D eigenvalue weighted by atomic mass is 19.4. The molecule has 1 aromatic heterocycles. The monoisotopic (exact) mass is 248 g/mol. The summed E-state index contributed by atoms with van der Waals surface area (Å²) in [6.07, 6.45) is -4.23. The zero-order valence-electron chi connectivity index (χ0n) is 9.70. The fourth-order valence-corrected chi connectivity index (χ4v) is 1.29. The molecule has 0 radical (unpaired) electrons. The quantitative estimate of drug-likeness (QED) is 0.889. The molecule has 3 nitrogen and oxygen atoms in total. The van der Waals surface area contributed by atoms with Gasteiger partial charge in [-0.1, -0.05) is 0 Å². The van der Waals surface area contributed by atoms with Crippen molar-refractivity contribution in [3.8, 4) is 0 Å². The predicted octanol–water partition coefficient (Wildman–Crippen LogP) is 2.52. The van der Waals surface area contributed by atoms with E-state index in [0.29, 0.717) is 11.4 Å². The van der Waals surface area contributed by atoms with Gasteiger partial charge in [-0.15, -0.1) is 0 Å². The normalized spacial score (nSPS) is 13.5. The number of halogens is 3. The Morgan fingerprint density at radius 1 is 1.41 bits per heavy atom. The van der Waals surface area contributed by atoms with Crippen LogP contribution in [0.3, 0.4) is 0 Å². The number of aromatic nitrogens is 1. The lowest BCUT2D eigenvalue weighted by molar-refractivity contribution is -0.132. The van der Waals surface area contributed by atoms with Gasteiger partial charge < -0.3 is 10.0 Å². The number of anilines is 1. The fourth-order valence-electron chi connectivity index (χ4n) is 1.29. The zero-order chi connectivity index (χ0) is 13.1. The van der Waals surface area contributed by atoms with Crippen LogP contribution >= 0.6 is 0 Å². The number of nitrogens with zero attached hydrogens (tertiary/aromatic N) is 2. The molecule has 0 saturated heterocycles. The molecule has 1 unspecified atom stereocenters. The summed E-state index contributed by atoms with van der Waals surface area (Å²) in [7, 11) is 1.57. The number of aliphatic hydroxyl groups excluding tert-OH is 1. The summed E-state index contributed by atoms with van der Waals surface area (Å²) in [5, 5.41) is 9.24. The Bertz CT molecular complexity index is 349. The molecule has 0 aromatic carbocycles. The number of pyridine rings is 1.